The minimum atomic E-state index is -0.877. The van der Waals surface area contributed by atoms with Gasteiger partial charge in [-0.1, -0.05) is 136 Å². The molecule has 0 bridgehead atoms. The third kappa shape index (κ3) is 45.1. The molecule has 4 heterocycles. The molecule has 5 amide bonds. The molecule has 7 N–H and O–H groups in total. The number of benzene rings is 1. The fourth-order valence-electron chi connectivity index (χ4n) is 14.7. The number of carboxylic acid groups (broad SMARTS) is 1. The number of aliphatic carboxylic acids is 1. The normalized spacial score (nSPS) is 30.0. The molecule has 21 nitrogen and oxygen atoms in total. The van der Waals surface area contributed by atoms with Crippen molar-refractivity contribution in [3.05, 3.63) is 146 Å². The fraction of sp³-hybridized carbons (Fsp3) is 0.663. The molecule has 1 aromatic carbocycles. The molecule has 11 atom stereocenters. The molecule has 2 saturated heterocycles. The Morgan fingerprint density at radius 2 is 0.991 bits per heavy atom. The predicted octanol–water partition coefficient (Wildman–Crippen LogP) is 20.8. The molecule has 1 unspecified atom stereocenters. The Morgan fingerprint density at radius 1 is 0.500 bits per heavy atom. The van der Waals surface area contributed by atoms with Gasteiger partial charge in [0, 0.05) is 30.9 Å². The topological polar surface area (TPSA) is 289 Å². The molecule has 13 rings (SSSR count). The lowest BCUT2D eigenvalue weighted by molar-refractivity contribution is -0.147. The molecular formula is C95H148N4O17. The molecule has 0 spiro atoms. The van der Waals surface area contributed by atoms with Gasteiger partial charge in [-0.05, 0) is 309 Å². The van der Waals surface area contributed by atoms with E-state index in [0.29, 0.717) is 42.3 Å². The number of allylic oxidation sites excluding steroid dienone is 15. The summed E-state index contributed by atoms with van der Waals surface area (Å²) in [6, 6.07) is 6.62. The van der Waals surface area contributed by atoms with Crippen LogP contribution in [0, 0.1) is 5.92 Å². The summed E-state index contributed by atoms with van der Waals surface area (Å²) in [5.41, 5.74) is 0.132. The van der Waals surface area contributed by atoms with Crippen molar-refractivity contribution in [1.82, 2.24) is 10.2 Å². The third-order valence-corrected chi connectivity index (χ3v) is 21.5. The molecule has 4 aliphatic heterocycles. The van der Waals surface area contributed by atoms with Crippen LogP contribution < -0.4 is 15.5 Å². The number of carbonyl (C=O) groups is 6. The number of rotatable bonds is 6. The molecule has 21 heteroatoms. The highest BCUT2D eigenvalue weighted by molar-refractivity contribution is 6.28. The second-order valence-electron chi connectivity index (χ2n) is 33.6. The molecule has 0 radical (unpaired) electrons. The summed E-state index contributed by atoms with van der Waals surface area (Å²) in [5, 5.41) is 50.9. The number of aliphatic hydroxyl groups is 4. The second kappa shape index (κ2) is 57.8. The maximum absolute atomic E-state index is 12.2. The van der Waals surface area contributed by atoms with Crippen molar-refractivity contribution >= 4 is 47.4 Å². The van der Waals surface area contributed by atoms with E-state index in [1.807, 2.05) is 41.5 Å². The molecule has 650 valence electrons. The van der Waals surface area contributed by atoms with Crippen molar-refractivity contribution in [2.24, 2.45) is 5.92 Å². The van der Waals surface area contributed by atoms with E-state index in [1.54, 1.807) is 29.2 Å². The van der Waals surface area contributed by atoms with E-state index in [0.717, 1.165) is 198 Å². The van der Waals surface area contributed by atoms with E-state index in [2.05, 4.69) is 127 Å². The van der Waals surface area contributed by atoms with Gasteiger partial charge in [0.1, 0.15) is 23.9 Å². The van der Waals surface area contributed by atoms with Crippen LogP contribution in [-0.4, -0.2) is 158 Å². The highest BCUT2D eigenvalue weighted by Crippen LogP contribution is 2.35. The quantitative estimate of drug-likeness (QED) is 0.0791. The van der Waals surface area contributed by atoms with Gasteiger partial charge in [-0.15, -0.1) is 0 Å². The molecular weight excluding hydrogens is 1470 g/mol. The van der Waals surface area contributed by atoms with Crippen molar-refractivity contribution < 1.29 is 82.7 Å². The van der Waals surface area contributed by atoms with Crippen molar-refractivity contribution in [2.45, 2.75) is 377 Å². The first-order chi connectivity index (χ1) is 55.8. The van der Waals surface area contributed by atoms with Crippen molar-refractivity contribution in [3.8, 4) is 0 Å². The van der Waals surface area contributed by atoms with E-state index in [9.17, 15) is 49.2 Å². The summed E-state index contributed by atoms with van der Waals surface area (Å²) >= 11 is 0. The summed E-state index contributed by atoms with van der Waals surface area (Å²) in [4.78, 5) is 71.4. The average molecular weight is 1620 g/mol. The summed E-state index contributed by atoms with van der Waals surface area (Å²) in [7, 11) is 0. The Hall–Kier alpha value is -7.24. The van der Waals surface area contributed by atoms with E-state index in [4.69, 9.17) is 33.5 Å². The fourth-order valence-corrected chi connectivity index (χ4v) is 14.7. The van der Waals surface area contributed by atoms with Crippen LogP contribution in [-0.2, 0) is 42.8 Å². The molecule has 0 saturated carbocycles. The van der Waals surface area contributed by atoms with Crippen LogP contribution in [0.25, 0.3) is 0 Å². The number of imide groups is 1. The second-order valence-corrected chi connectivity index (χ2v) is 33.6. The Labute approximate surface area is 695 Å². The maximum Gasteiger partial charge on any atom is 0.412 e. The van der Waals surface area contributed by atoms with Crippen molar-refractivity contribution in [1.29, 1.82) is 0 Å². The number of amides is 5. The van der Waals surface area contributed by atoms with Gasteiger partial charge in [0.2, 0.25) is 0 Å². The molecule has 2 fully saturated rings. The van der Waals surface area contributed by atoms with Gasteiger partial charge in [0.05, 0.1) is 54.5 Å². The Morgan fingerprint density at radius 3 is 1.59 bits per heavy atom. The number of alkyl carbamates (subject to hydrolysis) is 1. The largest absolute Gasteiger partial charge is 0.480 e. The van der Waals surface area contributed by atoms with E-state index >= 15 is 0 Å². The standard InChI is InChI=1S/C20H22N2O4.C12H21NO2.C11H18O2.C10H16O3.C9H13NO2.C9H16O.C8H14O2.C8H14O.C8H14/c1-20(13-5-3-2-4-6-14-20)26-19(25)21-15-7-9-16(10-8-15)22-17(23)11-12-18(22)24;1-12(2,3)15-11(14)13-9-7-5-4-6-8-10-13;1-11(2)12-9-7-5-3-4-6-8-10(9)13-11;11-10(12)8-13-9-6-4-2-1-3-5-7-9;11-9-10-7-5-3-1-2-4-6-8(7)12-9;1-8-6-4-2-3-5-7-9(8)10;9-7-5-3-1-2-4-6-8(7)10;9-8-6-4-2-1-3-5-7-8;1-2-4-6-8-7-5-3-1/h2-3,7-12H,4-6,13-14H2,1H3,(H,21,25);4-5H,6-10H2,1-3H3;3-4,9-10H,5-8H2,1-2H3;1-2,9H,3-8H2,(H,11,12);3,5,7-8H,1-2,4,6H2,(H,10,11);4,6,8-10H,2-3,5,7H2,1H3;1-2,7-10H,3-6H2;1-2,8-9H,3-7H2;1-2H,3-8H2/b3-2+;5-4+;4-3+;2-1+;5-3+;6-4+;2*2-1+;/t;;9-,10-;9-;7-,8-;8-,9-;7-,8-;8-;/m..111011./s1. The molecule has 116 heavy (non-hydrogen) atoms. The number of ether oxygens (including phenoxy) is 6. The number of nitrogens with one attached hydrogen (secondary N) is 2. The predicted molar refractivity (Wildman–Crippen MR) is 463 cm³/mol. The number of carboxylic acids is 1. The van der Waals surface area contributed by atoms with Crippen LogP contribution in [0.15, 0.2) is 146 Å². The Kier molecular flexibility index (Phi) is 49.5. The number of carbonyl (C=O) groups excluding carboxylic acids is 5. The van der Waals surface area contributed by atoms with Crippen LogP contribution in [0.5, 0.6) is 0 Å². The Bertz CT molecular complexity index is 3210. The van der Waals surface area contributed by atoms with E-state index in [1.165, 1.54) is 76.4 Å². The molecule has 8 aliphatic carbocycles. The van der Waals surface area contributed by atoms with Gasteiger partial charge in [0.25, 0.3) is 11.8 Å². The average Bonchev–Trinajstić information content (AvgIpc) is 1.70. The van der Waals surface area contributed by atoms with E-state index in [-0.39, 0.29) is 66.9 Å². The van der Waals surface area contributed by atoms with E-state index < -0.39 is 35.5 Å². The first-order valence-electron chi connectivity index (χ1n) is 44.2. The molecule has 0 aromatic heterocycles. The number of fused-ring (bicyclic) bond motifs is 2. The lowest BCUT2D eigenvalue weighted by Crippen LogP contribution is -2.38. The number of nitrogens with zero attached hydrogens (tertiary/aromatic N) is 2. The Balaban J connectivity index is 0.000000239. The smallest absolute Gasteiger partial charge is 0.412 e. The first kappa shape index (κ1) is 99.3. The summed E-state index contributed by atoms with van der Waals surface area (Å²) in [5.74, 6) is -1.62. The van der Waals surface area contributed by atoms with Crippen LogP contribution in [0.2, 0.25) is 0 Å². The first-order valence-corrected chi connectivity index (χ1v) is 44.2. The van der Waals surface area contributed by atoms with Crippen LogP contribution >= 0.6 is 0 Å². The van der Waals surface area contributed by atoms with Gasteiger partial charge < -0.3 is 64.2 Å². The summed E-state index contributed by atoms with van der Waals surface area (Å²) in [6.45, 7) is 15.2. The lowest BCUT2D eigenvalue weighted by Gasteiger charge is -2.30. The van der Waals surface area contributed by atoms with Gasteiger partial charge in [-0.25, -0.2) is 24.1 Å². The molecule has 12 aliphatic rings. The van der Waals surface area contributed by atoms with Crippen molar-refractivity contribution in [3.63, 3.8) is 0 Å². The zero-order chi connectivity index (χ0) is 84.1. The zero-order valence-electron chi connectivity index (χ0n) is 71.6. The van der Waals surface area contributed by atoms with Crippen molar-refractivity contribution in [2.75, 3.05) is 29.9 Å². The zero-order valence-corrected chi connectivity index (χ0v) is 71.6. The van der Waals surface area contributed by atoms with Crippen LogP contribution in [0.1, 0.15) is 305 Å². The highest BCUT2D eigenvalue weighted by atomic mass is 16.8. The van der Waals surface area contributed by atoms with Gasteiger partial charge in [-0.3, -0.25) is 14.9 Å². The number of hydrogen-bond donors (Lipinski definition) is 7. The highest BCUT2D eigenvalue weighted by Gasteiger charge is 2.40. The summed E-state index contributed by atoms with van der Waals surface area (Å²) in [6.07, 6.45) is 83.3. The van der Waals surface area contributed by atoms with Gasteiger partial charge in [-0.2, -0.15) is 0 Å². The number of anilines is 2. The number of hydrogen-bond acceptors (Lipinski definition) is 16. The SMILES string of the molecule is C1=CCCCCCC1.CC(C)(C)OC(=O)N1CC/C=C/CCC1.CC1(C)O[C@@H]2CC/C=C/CC[C@H]2O1.CC1(OC(=O)Nc2ccc(N3C(=O)C=CC3=O)cc2)CC/C=C/CCC1.C[C@H]1/C=C/CCCC[C@@H]1O.O=C(O)CO[C@@H]1CC/C=C/CCC1.O=C1N[C@@H]2/C=C/CCCC[C@H]2O1.O[C@@H]1CC/C=C/CCC1.O[C@@H]1CC/C=C/CC[C@H]1O. The monoisotopic (exact) mass is 1620 g/mol. The molecule has 1 aromatic rings. The summed E-state index contributed by atoms with van der Waals surface area (Å²) < 4.78 is 33.0. The number of aliphatic hydroxyl groups excluding tert-OH is 4. The van der Waals surface area contributed by atoms with Crippen LogP contribution in [0.4, 0.5) is 25.8 Å². The maximum atomic E-state index is 12.2. The minimum absolute atomic E-state index is 0.0325. The van der Waals surface area contributed by atoms with Gasteiger partial charge >= 0.3 is 24.2 Å². The minimum Gasteiger partial charge on any atom is -0.480 e. The van der Waals surface area contributed by atoms with Gasteiger partial charge in [0.15, 0.2) is 5.79 Å². The lowest BCUT2D eigenvalue weighted by atomic mass is 9.91. The van der Waals surface area contributed by atoms with Crippen LogP contribution in [0.3, 0.4) is 0 Å². The third-order valence-electron chi connectivity index (χ3n) is 21.5.